The van der Waals surface area contributed by atoms with Crippen LogP contribution >= 0.6 is 0 Å². The standard InChI is InChI=1S/C14H27N3O/c1-4-9-16-14(18)12(3)17(5-2)11-13-8-6-7-10-15-13/h4,12-13,15H,1,5-11H2,2-3H3,(H,16,18). The SMILES string of the molecule is C=CCNC(=O)C(C)N(CC)CC1CCCCN1. The van der Waals surface area contributed by atoms with Crippen molar-refractivity contribution >= 4 is 5.91 Å². The maximum Gasteiger partial charge on any atom is 0.237 e. The van der Waals surface area contributed by atoms with Crippen LogP contribution in [0.15, 0.2) is 12.7 Å². The molecule has 1 amide bonds. The monoisotopic (exact) mass is 253 g/mol. The number of likely N-dealkylation sites (N-methyl/N-ethyl adjacent to an activating group) is 1. The highest BCUT2D eigenvalue weighted by molar-refractivity contribution is 5.81. The molecule has 0 saturated carbocycles. The Kier molecular flexibility index (Phi) is 6.98. The van der Waals surface area contributed by atoms with Crippen LogP contribution in [-0.2, 0) is 4.79 Å². The average molecular weight is 253 g/mol. The molecule has 1 aliphatic rings. The van der Waals surface area contributed by atoms with E-state index in [9.17, 15) is 4.79 Å². The van der Waals surface area contributed by atoms with E-state index in [2.05, 4.69) is 29.0 Å². The van der Waals surface area contributed by atoms with Gasteiger partial charge in [-0.15, -0.1) is 6.58 Å². The first kappa shape index (κ1) is 15.2. The summed E-state index contributed by atoms with van der Waals surface area (Å²) in [7, 11) is 0. The Morgan fingerprint density at radius 3 is 2.94 bits per heavy atom. The number of hydrogen-bond acceptors (Lipinski definition) is 3. The number of hydrogen-bond donors (Lipinski definition) is 2. The predicted octanol–water partition coefficient (Wildman–Crippen LogP) is 1.14. The molecular weight excluding hydrogens is 226 g/mol. The van der Waals surface area contributed by atoms with Crippen molar-refractivity contribution in [2.24, 2.45) is 0 Å². The first-order valence-electron chi connectivity index (χ1n) is 7.05. The zero-order valence-electron chi connectivity index (χ0n) is 11.7. The van der Waals surface area contributed by atoms with Gasteiger partial charge in [-0.2, -0.15) is 0 Å². The van der Waals surface area contributed by atoms with Crippen molar-refractivity contribution < 1.29 is 4.79 Å². The molecule has 2 atom stereocenters. The lowest BCUT2D eigenvalue weighted by Gasteiger charge is -2.33. The van der Waals surface area contributed by atoms with Crippen LogP contribution in [-0.4, -0.2) is 49.1 Å². The highest BCUT2D eigenvalue weighted by Gasteiger charge is 2.23. The Morgan fingerprint density at radius 2 is 2.39 bits per heavy atom. The number of rotatable bonds is 7. The Labute approximate surface area is 111 Å². The molecule has 2 unspecified atom stereocenters. The number of carbonyl (C=O) groups is 1. The number of nitrogens with one attached hydrogen (secondary N) is 2. The summed E-state index contributed by atoms with van der Waals surface area (Å²) >= 11 is 0. The molecule has 0 aromatic carbocycles. The number of piperidine rings is 1. The Balaban J connectivity index is 2.42. The molecule has 4 heteroatoms. The molecule has 1 heterocycles. The first-order chi connectivity index (χ1) is 8.69. The van der Waals surface area contributed by atoms with Crippen LogP contribution in [0.3, 0.4) is 0 Å². The lowest BCUT2D eigenvalue weighted by atomic mass is 10.0. The van der Waals surface area contributed by atoms with Crippen molar-refractivity contribution in [3.63, 3.8) is 0 Å². The summed E-state index contributed by atoms with van der Waals surface area (Å²) in [6.07, 6.45) is 5.51. The average Bonchev–Trinajstić information content (AvgIpc) is 2.42. The third-order valence-electron chi connectivity index (χ3n) is 3.62. The van der Waals surface area contributed by atoms with E-state index in [0.717, 1.165) is 19.6 Å². The minimum Gasteiger partial charge on any atom is -0.351 e. The smallest absolute Gasteiger partial charge is 0.237 e. The minimum atomic E-state index is -0.0707. The van der Waals surface area contributed by atoms with Crippen LogP contribution in [0.5, 0.6) is 0 Å². The van der Waals surface area contributed by atoms with E-state index in [0.29, 0.717) is 12.6 Å². The largest absolute Gasteiger partial charge is 0.351 e. The Hall–Kier alpha value is -0.870. The fraction of sp³-hybridized carbons (Fsp3) is 0.786. The van der Waals surface area contributed by atoms with Gasteiger partial charge in [-0.3, -0.25) is 9.69 Å². The van der Waals surface area contributed by atoms with Crippen molar-refractivity contribution in [3.8, 4) is 0 Å². The highest BCUT2D eigenvalue weighted by atomic mass is 16.2. The van der Waals surface area contributed by atoms with Gasteiger partial charge in [0.15, 0.2) is 0 Å². The number of nitrogens with zero attached hydrogens (tertiary/aromatic N) is 1. The molecule has 1 aliphatic heterocycles. The van der Waals surface area contributed by atoms with E-state index >= 15 is 0 Å². The van der Waals surface area contributed by atoms with Gasteiger partial charge in [0, 0.05) is 19.1 Å². The van der Waals surface area contributed by atoms with Gasteiger partial charge in [0.1, 0.15) is 0 Å². The van der Waals surface area contributed by atoms with Gasteiger partial charge in [-0.1, -0.05) is 19.4 Å². The molecule has 0 bridgehead atoms. The van der Waals surface area contributed by atoms with Gasteiger partial charge in [-0.25, -0.2) is 0 Å². The lowest BCUT2D eigenvalue weighted by Crippen LogP contribution is -2.51. The van der Waals surface area contributed by atoms with E-state index in [-0.39, 0.29) is 11.9 Å². The quantitative estimate of drug-likeness (QED) is 0.669. The molecule has 0 radical (unpaired) electrons. The summed E-state index contributed by atoms with van der Waals surface area (Å²) in [6, 6.07) is 0.465. The normalized spacial score (nSPS) is 21.6. The molecule has 104 valence electrons. The fourth-order valence-electron chi connectivity index (χ4n) is 2.41. The van der Waals surface area contributed by atoms with Gasteiger partial charge >= 0.3 is 0 Å². The zero-order chi connectivity index (χ0) is 13.4. The summed E-state index contributed by atoms with van der Waals surface area (Å²) in [5, 5.41) is 6.40. The van der Waals surface area contributed by atoms with Gasteiger partial charge in [0.05, 0.1) is 6.04 Å². The Bertz CT molecular complexity index is 262. The molecular formula is C14H27N3O. The molecule has 1 saturated heterocycles. The third-order valence-corrected chi connectivity index (χ3v) is 3.62. The molecule has 0 spiro atoms. The number of carbonyl (C=O) groups excluding carboxylic acids is 1. The summed E-state index contributed by atoms with van der Waals surface area (Å²) in [5.41, 5.74) is 0. The van der Waals surface area contributed by atoms with Crippen LogP contribution in [0.4, 0.5) is 0 Å². The van der Waals surface area contributed by atoms with Crippen LogP contribution in [0.25, 0.3) is 0 Å². The maximum absolute atomic E-state index is 11.9. The van der Waals surface area contributed by atoms with E-state index in [1.165, 1.54) is 19.3 Å². The molecule has 18 heavy (non-hydrogen) atoms. The second-order valence-corrected chi connectivity index (χ2v) is 4.94. The van der Waals surface area contributed by atoms with Crippen molar-refractivity contribution in [3.05, 3.63) is 12.7 Å². The van der Waals surface area contributed by atoms with Crippen LogP contribution in [0, 0.1) is 0 Å². The highest BCUT2D eigenvalue weighted by Crippen LogP contribution is 2.10. The van der Waals surface area contributed by atoms with Crippen LogP contribution < -0.4 is 10.6 Å². The second-order valence-electron chi connectivity index (χ2n) is 4.94. The Morgan fingerprint density at radius 1 is 1.61 bits per heavy atom. The van der Waals surface area contributed by atoms with Crippen LogP contribution in [0.2, 0.25) is 0 Å². The molecule has 4 nitrogen and oxygen atoms in total. The van der Waals surface area contributed by atoms with Crippen molar-refractivity contribution in [2.75, 3.05) is 26.2 Å². The minimum absolute atomic E-state index is 0.0707. The fourth-order valence-corrected chi connectivity index (χ4v) is 2.41. The van der Waals surface area contributed by atoms with Crippen molar-refractivity contribution in [1.82, 2.24) is 15.5 Å². The summed E-state index contributed by atoms with van der Waals surface area (Å²) in [6.45, 7) is 11.2. The summed E-state index contributed by atoms with van der Waals surface area (Å²) in [5.74, 6) is 0.0903. The van der Waals surface area contributed by atoms with Crippen molar-refractivity contribution in [1.29, 1.82) is 0 Å². The van der Waals surface area contributed by atoms with Gasteiger partial charge in [-0.05, 0) is 32.9 Å². The first-order valence-corrected chi connectivity index (χ1v) is 7.05. The van der Waals surface area contributed by atoms with Gasteiger partial charge in [0.2, 0.25) is 5.91 Å². The van der Waals surface area contributed by atoms with E-state index in [1.807, 2.05) is 6.92 Å². The maximum atomic E-state index is 11.9. The topological polar surface area (TPSA) is 44.4 Å². The van der Waals surface area contributed by atoms with E-state index < -0.39 is 0 Å². The summed E-state index contributed by atoms with van der Waals surface area (Å²) in [4.78, 5) is 14.2. The second kappa shape index (κ2) is 8.27. The lowest BCUT2D eigenvalue weighted by molar-refractivity contribution is -0.125. The molecule has 0 aromatic rings. The number of amides is 1. The molecule has 2 N–H and O–H groups in total. The van der Waals surface area contributed by atoms with E-state index in [1.54, 1.807) is 6.08 Å². The van der Waals surface area contributed by atoms with Crippen molar-refractivity contribution in [2.45, 2.75) is 45.2 Å². The predicted molar refractivity (Wildman–Crippen MR) is 75.6 cm³/mol. The molecule has 1 rings (SSSR count). The molecule has 0 aliphatic carbocycles. The van der Waals surface area contributed by atoms with E-state index in [4.69, 9.17) is 0 Å². The van der Waals surface area contributed by atoms with Gasteiger partial charge < -0.3 is 10.6 Å². The third kappa shape index (κ3) is 4.78. The summed E-state index contributed by atoms with van der Waals surface area (Å²) < 4.78 is 0. The molecule has 0 aromatic heterocycles. The zero-order valence-corrected chi connectivity index (χ0v) is 11.7. The molecule has 1 fully saturated rings. The van der Waals surface area contributed by atoms with Gasteiger partial charge in [0.25, 0.3) is 0 Å². The van der Waals surface area contributed by atoms with Crippen LogP contribution in [0.1, 0.15) is 33.1 Å².